The number of hydrogen-bond donors (Lipinski definition) is 1. The minimum absolute atomic E-state index is 0.114. The van der Waals surface area contributed by atoms with Crippen LogP contribution < -0.4 is 0 Å². The van der Waals surface area contributed by atoms with Crippen LogP contribution in [0.5, 0.6) is 0 Å². The van der Waals surface area contributed by atoms with Crippen molar-refractivity contribution < 1.29 is 9.63 Å². The summed E-state index contributed by atoms with van der Waals surface area (Å²) in [5.41, 5.74) is 0. The molecule has 1 aromatic heterocycles. The second-order valence-electron chi connectivity index (χ2n) is 3.95. The van der Waals surface area contributed by atoms with E-state index in [-0.39, 0.29) is 12.5 Å². The Bertz CT molecular complexity index is 323. The summed E-state index contributed by atoms with van der Waals surface area (Å²) in [7, 11) is 0. The van der Waals surface area contributed by atoms with Gasteiger partial charge in [0.05, 0.1) is 13.2 Å². The summed E-state index contributed by atoms with van der Waals surface area (Å²) in [4.78, 5) is 6.28. The fourth-order valence-corrected chi connectivity index (χ4v) is 1.33. The molecule has 0 radical (unpaired) electrons. The molecule has 0 unspecified atom stereocenters. The van der Waals surface area contributed by atoms with Crippen LogP contribution in [-0.2, 0) is 6.54 Å². The predicted octanol–water partition coefficient (Wildman–Crippen LogP) is 1.17. The SMILES string of the molecule is C=CCN(CCO)Cc1noc(C(C)C)n1. The van der Waals surface area contributed by atoms with E-state index >= 15 is 0 Å². The molecule has 1 heterocycles. The fraction of sp³-hybridized carbons (Fsp3) is 0.636. The minimum Gasteiger partial charge on any atom is -0.395 e. The van der Waals surface area contributed by atoms with Crippen LogP contribution in [0.25, 0.3) is 0 Å². The highest BCUT2D eigenvalue weighted by Gasteiger charge is 2.12. The van der Waals surface area contributed by atoms with E-state index in [9.17, 15) is 0 Å². The molecule has 0 aliphatic rings. The molecule has 5 nitrogen and oxygen atoms in total. The van der Waals surface area contributed by atoms with Crippen molar-refractivity contribution in [1.29, 1.82) is 0 Å². The number of aromatic nitrogens is 2. The van der Waals surface area contributed by atoms with E-state index < -0.39 is 0 Å². The van der Waals surface area contributed by atoms with Gasteiger partial charge in [-0.3, -0.25) is 4.90 Å². The Hall–Kier alpha value is -1.20. The van der Waals surface area contributed by atoms with E-state index in [0.29, 0.717) is 31.3 Å². The van der Waals surface area contributed by atoms with Crippen molar-refractivity contribution >= 4 is 0 Å². The van der Waals surface area contributed by atoms with Gasteiger partial charge in [-0.25, -0.2) is 0 Å². The highest BCUT2D eigenvalue weighted by Crippen LogP contribution is 2.11. The maximum absolute atomic E-state index is 8.89. The second kappa shape index (κ2) is 6.40. The number of rotatable bonds is 7. The van der Waals surface area contributed by atoms with E-state index in [0.717, 1.165) is 0 Å². The largest absolute Gasteiger partial charge is 0.395 e. The Labute approximate surface area is 95.8 Å². The van der Waals surface area contributed by atoms with Gasteiger partial charge in [0.1, 0.15) is 0 Å². The molecular weight excluding hydrogens is 206 g/mol. The summed E-state index contributed by atoms with van der Waals surface area (Å²) < 4.78 is 5.11. The van der Waals surface area contributed by atoms with Crippen molar-refractivity contribution in [3.05, 3.63) is 24.4 Å². The van der Waals surface area contributed by atoms with E-state index in [2.05, 4.69) is 16.7 Å². The monoisotopic (exact) mass is 225 g/mol. The smallest absolute Gasteiger partial charge is 0.229 e. The third kappa shape index (κ3) is 3.75. The van der Waals surface area contributed by atoms with E-state index in [1.807, 2.05) is 18.7 Å². The lowest BCUT2D eigenvalue weighted by Crippen LogP contribution is -2.27. The summed E-state index contributed by atoms with van der Waals surface area (Å²) in [6.07, 6.45) is 1.79. The van der Waals surface area contributed by atoms with Crippen LogP contribution in [0.1, 0.15) is 31.5 Å². The van der Waals surface area contributed by atoms with Gasteiger partial charge in [0.2, 0.25) is 5.89 Å². The zero-order valence-corrected chi connectivity index (χ0v) is 9.89. The third-order valence-corrected chi connectivity index (χ3v) is 2.15. The third-order valence-electron chi connectivity index (χ3n) is 2.15. The number of aliphatic hydroxyl groups excluding tert-OH is 1. The van der Waals surface area contributed by atoms with Gasteiger partial charge in [0.25, 0.3) is 0 Å². The average Bonchev–Trinajstić information content (AvgIpc) is 2.67. The number of nitrogens with zero attached hydrogens (tertiary/aromatic N) is 3. The molecule has 0 fully saturated rings. The highest BCUT2D eigenvalue weighted by atomic mass is 16.5. The zero-order valence-electron chi connectivity index (χ0n) is 9.89. The summed E-state index contributed by atoms with van der Waals surface area (Å²) in [5.74, 6) is 1.54. The molecule has 5 heteroatoms. The van der Waals surface area contributed by atoms with Gasteiger partial charge in [0, 0.05) is 19.0 Å². The fourth-order valence-electron chi connectivity index (χ4n) is 1.33. The van der Waals surface area contributed by atoms with Crippen molar-refractivity contribution in [3.63, 3.8) is 0 Å². The molecule has 90 valence electrons. The molecule has 0 aliphatic heterocycles. The molecule has 1 rings (SSSR count). The quantitative estimate of drug-likeness (QED) is 0.706. The Kier molecular flexibility index (Phi) is 5.14. The first-order chi connectivity index (χ1) is 7.67. The van der Waals surface area contributed by atoms with Gasteiger partial charge in [0.15, 0.2) is 5.82 Å². The predicted molar refractivity (Wildman–Crippen MR) is 60.9 cm³/mol. The zero-order chi connectivity index (χ0) is 12.0. The molecule has 0 bridgehead atoms. The van der Waals surface area contributed by atoms with E-state index in [1.54, 1.807) is 6.08 Å². The maximum atomic E-state index is 8.89. The Balaban J connectivity index is 2.58. The first kappa shape index (κ1) is 12.9. The first-order valence-corrected chi connectivity index (χ1v) is 5.44. The van der Waals surface area contributed by atoms with Crippen LogP contribution >= 0.6 is 0 Å². The normalized spacial score (nSPS) is 11.3. The number of hydrogen-bond acceptors (Lipinski definition) is 5. The summed E-state index contributed by atoms with van der Waals surface area (Å²) >= 11 is 0. The molecule has 0 spiro atoms. The molecule has 1 aromatic rings. The molecular formula is C11H19N3O2. The van der Waals surface area contributed by atoms with E-state index in [4.69, 9.17) is 9.63 Å². The molecule has 0 saturated carbocycles. The molecule has 0 aliphatic carbocycles. The van der Waals surface area contributed by atoms with Crippen LogP contribution in [0, 0.1) is 0 Å². The first-order valence-electron chi connectivity index (χ1n) is 5.44. The Morgan fingerprint density at radius 2 is 2.31 bits per heavy atom. The second-order valence-corrected chi connectivity index (χ2v) is 3.95. The summed E-state index contributed by atoms with van der Waals surface area (Å²) in [5, 5.41) is 12.8. The van der Waals surface area contributed by atoms with Crippen molar-refractivity contribution in [3.8, 4) is 0 Å². The molecule has 0 amide bonds. The van der Waals surface area contributed by atoms with Gasteiger partial charge in [-0.15, -0.1) is 6.58 Å². The van der Waals surface area contributed by atoms with Gasteiger partial charge in [-0.2, -0.15) is 4.98 Å². The van der Waals surface area contributed by atoms with Crippen molar-refractivity contribution in [1.82, 2.24) is 15.0 Å². The van der Waals surface area contributed by atoms with Crippen LogP contribution in [0.15, 0.2) is 17.2 Å². The van der Waals surface area contributed by atoms with Gasteiger partial charge in [-0.1, -0.05) is 25.1 Å². The maximum Gasteiger partial charge on any atom is 0.229 e. The molecule has 0 aromatic carbocycles. The highest BCUT2D eigenvalue weighted by molar-refractivity contribution is 4.91. The topological polar surface area (TPSA) is 62.4 Å². The van der Waals surface area contributed by atoms with E-state index in [1.165, 1.54) is 0 Å². The van der Waals surface area contributed by atoms with Crippen molar-refractivity contribution in [2.45, 2.75) is 26.3 Å². The lowest BCUT2D eigenvalue weighted by Gasteiger charge is -2.16. The van der Waals surface area contributed by atoms with Crippen LogP contribution in [0.2, 0.25) is 0 Å². The van der Waals surface area contributed by atoms with Gasteiger partial charge < -0.3 is 9.63 Å². The minimum atomic E-state index is 0.114. The van der Waals surface area contributed by atoms with Gasteiger partial charge in [-0.05, 0) is 0 Å². The van der Waals surface area contributed by atoms with Crippen molar-refractivity contribution in [2.75, 3.05) is 19.7 Å². The van der Waals surface area contributed by atoms with Crippen LogP contribution in [0.3, 0.4) is 0 Å². The summed E-state index contributed by atoms with van der Waals surface area (Å²) in [6.45, 7) is 9.65. The Morgan fingerprint density at radius 3 is 2.81 bits per heavy atom. The van der Waals surface area contributed by atoms with Crippen LogP contribution in [0.4, 0.5) is 0 Å². The molecule has 1 N–H and O–H groups in total. The standard InChI is InChI=1S/C11H19N3O2/c1-4-5-14(6-7-15)8-10-12-11(9(2)3)16-13-10/h4,9,15H,1,5-8H2,2-3H3. The van der Waals surface area contributed by atoms with Gasteiger partial charge >= 0.3 is 0 Å². The number of aliphatic hydroxyl groups is 1. The van der Waals surface area contributed by atoms with Crippen LogP contribution in [-0.4, -0.2) is 39.8 Å². The Morgan fingerprint density at radius 1 is 1.56 bits per heavy atom. The molecule has 16 heavy (non-hydrogen) atoms. The molecule has 0 atom stereocenters. The molecule has 0 saturated heterocycles. The lowest BCUT2D eigenvalue weighted by molar-refractivity contribution is 0.199. The van der Waals surface area contributed by atoms with Crippen molar-refractivity contribution in [2.24, 2.45) is 0 Å². The lowest BCUT2D eigenvalue weighted by atomic mass is 10.2. The summed E-state index contributed by atoms with van der Waals surface area (Å²) in [6, 6.07) is 0. The average molecular weight is 225 g/mol.